The number of aromatic nitrogens is 3. The number of carbonyl (C=O) groups is 1. The van der Waals surface area contributed by atoms with Crippen molar-refractivity contribution in [1.29, 1.82) is 0 Å². The molecule has 0 unspecified atom stereocenters. The van der Waals surface area contributed by atoms with E-state index in [0.717, 1.165) is 77.7 Å². The van der Waals surface area contributed by atoms with Crippen LogP contribution >= 0.6 is 12.4 Å². The quantitative estimate of drug-likeness (QED) is 0.294. The molecule has 1 saturated heterocycles. The minimum absolute atomic E-state index is 0. The number of anilines is 1. The maximum absolute atomic E-state index is 12.6. The number of nitrogens with one attached hydrogen (secondary N) is 2. The molecular weight excluding hydrogens is 498 g/mol. The van der Waals surface area contributed by atoms with Gasteiger partial charge < -0.3 is 15.4 Å². The van der Waals surface area contributed by atoms with Crippen LogP contribution in [0.25, 0.3) is 22.0 Å². The molecule has 7 nitrogen and oxygen atoms in total. The molecule has 2 aromatic carbocycles. The van der Waals surface area contributed by atoms with Crippen molar-refractivity contribution in [3.63, 3.8) is 0 Å². The summed E-state index contributed by atoms with van der Waals surface area (Å²) in [5, 5.41) is 8.89. The van der Waals surface area contributed by atoms with Crippen LogP contribution in [0.5, 0.6) is 11.6 Å². The average Bonchev–Trinajstić information content (AvgIpc) is 3.77. The Kier molecular flexibility index (Phi) is 7.86. The highest BCUT2D eigenvalue weighted by Gasteiger charge is 2.29. The number of carbonyl (C=O) groups excluding carboxylic acids is 1. The highest BCUT2D eigenvalue weighted by atomic mass is 35.5. The summed E-state index contributed by atoms with van der Waals surface area (Å²) in [5.74, 6) is 2.42. The van der Waals surface area contributed by atoms with Gasteiger partial charge in [0, 0.05) is 42.7 Å². The molecule has 1 aliphatic heterocycles. The first-order valence-electron chi connectivity index (χ1n) is 13.1. The third-order valence-electron chi connectivity index (χ3n) is 7.23. The highest BCUT2D eigenvalue weighted by Crippen LogP contribution is 2.38. The SMILES string of the molecule is Cc1ccc2c(CC(=O)C3CC3)cccc2c1Oc1ncccc1-c1ccnc(N[C@H]2CCCNC2)n1.Cl. The Labute approximate surface area is 228 Å². The number of ether oxygens (including phenoxy) is 1. The van der Waals surface area contributed by atoms with Crippen LogP contribution in [0.2, 0.25) is 0 Å². The van der Waals surface area contributed by atoms with Gasteiger partial charge in [-0.2, -0.15) is 0 Å². The summed E-state index contributed by atoms with van der Waals surface area (Å²) >= 11 is 0. The first-order valence-corrected chi connectivity index (χ1v) is 13.1. The Hall–Kier alpha value is -3.55. The molecule has 38 heavy (non-hydrogen) atoms. The topological polar surface area (TPSA) is 89.0 Å². The molecule has 6 rings (SSSR count). The molecule has 0 spiro atoms. The second-order valence-corrected chi connectivity index (χ2v) is 10.1. The molecule has 2 fully saturated rings. The van der Waals surface area contributed by atoms with Crippen LogP contribution in [-0.4, -0.2) is 39.9 Å². The number of hydrogen-bond acceptors (Lipinski definition) is 7. The van der Waals surface area contributed by atoms with Crippen molar-refractivity contribution >= 4 is 34.9 Å². The second-order valence-electron chi connectivity index (χ2n) is 10.1. The number of rotatable bonds is 8. The Morgan fingerprint density at radius 1 is 1.03 bits per heavy atom. The van der Waals surface area contributed by atoms with Gasteiger partial charge in [-0.3, -0.25) is 4.79 Å². The van der Waals surface area contributed by atoms with Gasteiger partial charge in [0.15, 0.2) is 0 Å². The van der Waals surface area contributed by atoms with Crippen molar-refractivity contribution in [3.8, 4) is 22.9 Å². The zero-order valence-electron chi connectivity index (χ0n) is 21.4. The molecule has 2 N–H and O–H groups in total. The largest absolute Gasteiger partial charge is 0.437 e. The number of pyridine rings is 1. The second kappa shape index (κ2) is 11.5. The van der Waals surface area contributed by atoms with E-state index in [-0.39, 0.29) is 18.3 Å². The molecule has 0 amide bonds. The van der Waals surface area contributed by atoms with Crippen LogP contribution in [0.1, 0.15) is 36.8 Å². The van der Waals surface area contributed by atoms with Crippen LogP contribution in [0.3, 0.4) is 0 Å². The number of piperidine rings is 1. The number of hydrogen-bond donors (Lipinski definition) is 2. The molecule has 8 heteroatoms. The maximum Gasteiger partial charge on any atom is 0.228 e. The molecule has 1 saturated carbocycles. The van der Waals surface area contributed by atoms with Crippen molar-refractivity contribution in [2.24, 2.45) is 5.92 Å². The van der Waals surface area contributed by atoms with Gasteiger partial charge in [-0.15, -0.1) is 12.4 Å². The van der Waals surface area contributed by atoms with Gasteiger partial charge in [0.25, 0.3) is 0 Å². The van der Waals surface area contributed by atoms with Crippen molar-refractivity contribution in [3.05, 3.63) is 72.1 Å². The van der Waals surface area contributed by atoms with Gasteiger partial charge in [-0.1, -0.05) is 30.3 Å². The van der Waals surface area contributed by atoms with Crippen LogP contribution in [0, 0.1) is 12.8 Å². The van der Waals surface area contributed by atoms with Crippen molar-refractivity contribution in [2.75, 3.05) is 18.4 Å². The van der Waals surface area contributed by atoms with Gasteiger partial charge >= 0.3 is 0 Å². The van der Waals surface area contributed by atoms with Gasteiger partial charge in [0.2, 0.25) is 11.8 Å². The fraction of sp³-hybridized carbons (Fsp3) is 0.333. The van der Waals surface area contributed by atoms with Crippen molar-refractivity contribution in [1.82, 2.24) is 20.3 Å². The van der Waals surface area contributed by atoms with Crippen LogP contribution < -0.4 is 15.4 Å². The maximum atomic E-state index is 12.6. The van der Waals surface area contributed by atoms with E-state index < -0.39 is 0 Å². The fourth-order valence-corrected chi connectivity index (χ4v) is 5.03. The predicted molar refractivity (Wildman–Crippen MR) is 152 cm³/mol. The third-order valence-corrected chi connectivity index (χ3v) is 7.23. The Balaban J connectivity index is 0.00000294. The fourth-order valence-electron chi connectivity index (χ4n) is 5.03. The highest BCUT2D eigenvalue weighted by molar-refractivity contribution is 5.96. The number of ketones is 1. The van der Waals surface area contributed by atoms with Crippen LogP contribution in [0.15, 0.2) is 60.9 Å². The lowest BCUT2D eigenvalue weighted by Crippen LogP contribution is -2.38. The Bertz CT molecular complexity index is 1450. The number of nitrogens with zero attached hydrogens (tertiary/aromatic N) is 3. The van der Waals surface area contributed by atoms with E-state index in [4.69, 9.17) is 9.72 Å². The zero-order chi connectivity index (χ0) is 25.2. The summed E-state index contributed by atoms with van der Waals surface area (Å²) < 4.78 is 6.53. The smallest absolute Gasteiger partial charge is 0.228 e. The number of benzene rings is 2. The average molecular weight is 530 g/mol. The Morgan fingerprint density at radius 3 is 2.74 bits per heavy atom. The Morgan fingerprint density at radius 2 is 1.92 bits per heavy atom. The lowest BCUT2D eigenvalue weighted by atomic mass is 9.97. The summed E-state index contributed by atoms with van der Waals surface area (Å²) in [7, 11) is 0. The van der Waals surface area contributed by atoms with Crippen LogP contribution in [0.4, 0.5) is 5.95 Å². The zero-order valence-corrected chi connectivity index (χ0v) is 22.3. The summed E-state index contributed by atoms with van der Waals surface area (Å²) in [6, 6.07) is 16.3. The molecule has 1 atom stereocenters. The number of fused-ring (bicyclic) bond motifs is 1. The van der Waals surface area contributed by atoms with E-state index in [0.29, 0.717) is 30.1 Å². The molecular formula is C30H32ClN5O2. The first-order chi connectivity index (χ1) is 18.2. The molecule has 1 aliphatic carbocycles. The van der Waals surface area contributed by atoms with E-state index in [2.05, 4.69) is 38.8 Å². The molecule has 196 valence electrons. The number of halogens is 1. The summed E-state index contributed by atoms with van der Waals surface area (Å²) in [6.07, 6.45) is 8.24. The molecule has 2 aromatic heterocycles. The number of Topliss-reactive ketones (excluding diaryl/α,β-unsaturated/α-hetero) is 1. The summed E-state index contributed by atoms with van der Waals surface area (Å²) in [4.78, 5) is 26.4. The van der Waals surface area contributed by atoms with Crippen molar-refractivity contribution < 1.29 is 9.53 Å². The number of aryl methyl sites for hydroxylation is 1. The minimum atomic E-state index is 0. The molecule has 0 bridgehead atoms. The van der Waals surface area contributed by atoms with Gasteiger partial charge in [0.1, 0.15) is 11.5 Å². The van der Waals surface area contributed by atoms with Gasteiger partial charge in [-0.25, -0.2) is 15.0 Å². The predicted octanol–water partition coefficient (Wildman–Crippen LogP) is 5.90. The molecule has 2 aliphatic rings. The normalized spacial score (nSPS) is 17.0. The van der Waals surface area contributed by atoms with Gasteiger partial charge in [0.05, 0.1) is 11.3 Å². The first kappa shape index (κ1) is 26.1. The lowest BCUT2D eigenvalue weighted by Gasteiger charge is -2.23. The summed E-state index contributed by atoms with van der Waals surface area (Å²) in [6.45, 7) is 4.00. The van der Waals surface area contributed by atoms with E-state index in [1.807, 2.05) is 37.3 Å². The van der Waals surface area contributed by atoms with E-state index in [9.17, 15) is 4.79 Å². The lowest BCUT2D eigenvalue weighted by molar-refractivity contribution is -0.119. The molecule has 3 heterocycles. The van der Waals surface area contributed by atoms with E-state index >= 15 is 0 Å². The van der Waals surface area contributed by atoms with Gasteiger partial charge in [-0.05, 0) is 73.9 Å². The van der Waals surface area contributed by atoms with E-state index in [1.54, 1.807) is 12.4 Å². The van der Waals surface area contributed by atoms with Crippen molar-refractivity contribution in [2.45, 2.75) is 45.1 Å². The van der Waals surface area contributed by atoms with Crippen LogP contribution in [-0.2, 0) is 11.2 Å². The monoisotopic (exact) mass is 529 g/mol. The van der Waals surface area contributed by atoms with E-state index in [1.165, 1.54) is 0 Å². The molecule has 4 aromatic rings. The third kappa shape index (κ3) is 5.64. The standard InChI is InChI=1S/C30H31N5O2.ClH/c1-19-9-12-23-21(17-27(36)20-10-11-20)5-2-7-24(23)28(19)37-29-25(8-4-15-32-29)26-13-16-33-30(35-26)34-22-6-3-14-31-18-22;/h2,4-5,7-9,12-13,15-16,20,22,31H,3,6,10-11,14,17-18H2,1H3,(H,33,34,35);1H/t22-;/m0./s1. The summed E-state index contributed by atoms with van der Waals surface area (Å²) in [5.41, 5.74) is 3.60. The minimum Gasteiger partial charge on any atom is -0.437 e. The molecule has 0 radical (unpaired) electrons.